The Hall–Kier alpha value is -0.380. The van der Waals surface area contributed by atoms with Crippen molar-refractivity contribution in [1.29, 1.82) is 0 Å². The molecular weight excluding hydrogens is 260 g/mol. The molecule has 0 amide bonds. The summed E-state index contributed by atoms with van der Waals surface area (Å²) in [5.74, 6) is 0. The van der Waals surface area contributed by atoms with Gasteiger partial charge in [-0.1, -0.05) is 60.7 Å². The minimum Gasteiger partial charge on any atom is -1.00 e. The van der Waals surface area contributed by atoms with E-state index in [-0.39, 0.29) is 40.6 Å². The first kappa shape index (κ1) is 16.7. The van der Waals surface area contributed by atoms with Crippen molar-refractivity contribution in [2.75, 3.05) is 13.1 Å². The number of rotatable bonds is 7. The zero-order chi connectivity index (χ0) is 12.5. The summed E-state index contributed by atoms with van der Waals surface area (Å²) in [5, 5.41) is 6.85. The molecule has 0 heterocycles. The van der Waals surface area contributed by atoms with E-state index in [4.69, 9.17) is 0 Å². The zero-order valence-electron chi connectivity index (χ0n) is 13.3. The van der Waals surface area contributed by atoms with Crippen LogP contribution < -0.4 is 10.6 Å². The third-order valence-corrected chi connectivity index (χ3v) is 2.82. The van der Waals surface area contributed by atoms with Crippen LogP contribution in [0.25, 0.3) is 0 Å². The average Bonchev–Trinajstić information content (AvgIpc) is 2.45. The first-order chi connectivity index (χ1) is 8.95. The predicted octanol–water partition coefficient (Wildman–Crippen LogP) is 2.41. The van der Waals surface area contributed by atoms with Gasteiger partial charge in [-0.15, -0.1) is 0 Å². The molecule has 2 aromatic rings. The van der Waals surface area contributed by atoms with Gasteiger partial charge in [0.05, 0.1) is 0 Å². The van der Waals surface area contributed by atoms with Gasteiger partial charge < -0.3 is 13.5 Å². The van der Waals surface area contributed by atoms with Crippen molar-refractivity contribution >= 4 is 37.7 Å². The molecule has 0 atom stereocenters. The fourth-order valence-electron chi connectivity index (χ4n) is 1.83. The van der Waals surface area contributed by atoms with E-state index in [1.807, 2.05) is 12.1 Å². The molecule has 2 N–H and O–H groups in total. The summed E-state index contributed by atoms with van der Waals surface area (Å²) >= 11 is 0. The van der Waals surface area contributed by atoms with Gasteiger partial charge in [-0.25, -0.2) is 0 Å². The second-order valence-corrected chi connectivity index (χ2v) is 4.32. The van der Waals surface area contributed by atoms with Crippen LogP contribution in [0.15, 0.2) is 60.7 Å². The summed E-state index contributed by atoms with van der Waals surface area (Å²) in [6.45, 7) is 3.85. The molecule has 2 aromatic carbocycles. The van der Waals surface area contributed by atoms with E-state index >= 15 is 0 Å². The van der Waals surface area contributed by atoms with Gasteiger partial charge in [0.25, 0.3) is 0 Å². The standard InChI is InChI=1S/C16H20N2.Ca.2H/c1-3-7-15(8-4-1)13-17-11-12-18-14-16-9-5-2-6-10-16;;;/h1-10,17-18H,11-14H2;;;/q;+2;2*-1. The minimum absolute atomic E-state index is 0. The van der Waals surface area contributed by atoms with Crippen LogP contribution in [0, 0.1) is 0 Å². The Morgan fingerprint density at radius 2 is 1.00 bits per heavy atom. The summed E-state index contributed by atoms with van der Waals surface area (Å²) in [4.78, 5) is 0. The molecule has 2 rings (SSSR count). The predicted molar refractivity (Wildman–Crippen MR) is 84.3 cm³/mol. The number of nitrogens with one attached hydrogen (secondary N) is 2. The first-order valence-corrected chi connectivity index (χ1v) is 6.44. The molecule has 0 bridgehead atoms. The second kappa shape index (κ2) is 10.4. The average molecular weight is 282 g/mol. The maximum Gasteiger partial charge on any atom is 2.00 e. The largest absolute Gasteiger partial charge is 2.00 e. The first-order valence-electron chi connectivity index (χ1n) is 6.44. The molecule has 0 aliphatic rings. The Balaban J connectivity index is 0. The van der Waals surface area contributed by atoms with E-state index in [9.17, 15) is 0 Å². The smallest absolute Gasteiger partial charge is 1.00 e. The van der Waals surface area contributed by atoms with Gasteiger partial charge in [-0.05, 0) is 11.1 Å². The Morgan fingerprint density at radius 3 is 1.37 bits per heavy atom. The van der Waals surface area contributed by atoms with Crippen molar-refractivity contribution in [3.8, 4) is 0 Å². The van der Waals surface area contributed by atoms with Crippen LogP contribution in [0.5, 0.6) is 0 Å². The van der Waals surface area contributed by atoms with Gasteiger partial charge in [0.1, 0.15) is 0 Å². The van der Waals surface area contributed by atoms with E-state index in [1.54, 1.807) is 0 Å². The fraction of sp³-hybridized carbons (Fsp3) is 0.250. The topological polar surface area (TPSA) is 24.1 Å². The molecule has 0 aliphatic heterocycles. The Bertz CT molecular complexity index is 397. The quantitative estimate of drug-likeness (QED) is 0.602. The minimum atomic E-state index is 0. The van der Waals surface area contributed by atoms with Crippen LogP contribution in [0.4, 0.5) is 0 Å². The third-order valence-electron chi connectivity index (χ3n) is 2.82. The zero-order valence-corrected chi connectivity index (χ0v) is 13.5. The van der Waals surface area contributed by atoms with E-state index in [2.05, 4.69) is 59.2 Å². The van der Waals surface area contributed by atoms with Crippen molar-refractivity contribution in [2.45, 2.75) is 13.1 Å². The normalized spacial score (nSPS) is 9.89. The van der Waals surface area contributed by atoms with Crippen LogP contribution in [0.1, 0.15) is 14.0 Å². The SMILES string of the molecule is [Ca+2].[H-].[H-].c1ccc(CNCCNCc2ccccc2)cc1. The molecule has 0 saturated carbocycles. The number of hydrogen-bond donors (Lipinski definition) is 2. The van der Waals surface area contributed by atoms with E-state index in [0.29, 0.717) is 0 Å². The summed E-state index contributed by atoms with van der Waals surface area (Å²) in [7, 11) is 0. The fourth-order valence-corrected chi connectivity index (χ4v) is 1.83. The van der Waals surface area contributed by atoms with E-state index in [1.165, 1.54) is 11.1 Å². The van der Waals surface area contributed by atoms with Crippen LogP contribution in [0.3, 0.4) is 0 Å². The molecule has 0 spiro atoms. The van der Waals surface area contributed by atoms with Crippen LogP contribution in [0.2, 0.25) is 0 Å². The molecule has 3 heteroatoms. The van der Waals surface area contributed by atoms with Crippen LogP contribution in [-0.4, -0.2) is 50.8 Å². The number of hydrogen-bond acceptors (Lipinski definition) is 2. The molecular formula is C16H22CaN2. The molecule has 19 heavy (non-hydrogen) atoms. The van der Waals surface area contributed by atoms with E-state index in [0.717, 1.165) is 26.2 Å². The van der Waals surface area contributed by atoms with Crippen LogP contribution >= 0.6 is 0 Å². The monoisotopic (exact) mass is 282 g/mol. The molecule has 0 unspecified atom stereocenters. The van der Waals surface area contributed by atoms with Crippen molar-refractivity contribution in [2.24, 2.45) is 0 Å². The maximum atomic E-state index is 3.43. The maximum absolute atomic E-state index is 3.43. The van der Waals surface area contributed by atoms with Gasteiger partial charge in [0.2, 0.25) is 0 Å². The molecule has 0 radical (unpaired) electrons. The van der Waals surface area contributed by atoms with Crippen molar-refractivity contribution in [3.63, 3.8) is 0 Å². The van der Waals surface area contributed by atoms with Gasteiger partial charge in [-0.3, -0.25) is 0 Å². The molecule has 0 fully saturated rings. The summed E-state index contributed by atoms with van der Waals surface area (Å²) in [6, 6.07) is 21.0. The van der Waals surface area contributed by atoms with Crippen molar-refractivity contribution in [1.82, 2.24) is 10.6 Å². The van der Waals surface area contributed by atoms with Crippen molar-refractivity contribution < 1.29 is 2.85 Å². The molecule has 0 saturated heterocycles. The third kappa shape index (κ3) is 7.09. The summed E-state index contributed by atoms with van der Waals surface area (Å²) in [5.41, 5.74) is 2.67. The van der Waals surface area contributed by atoms with Gasteiger partial charge in [0.15, 0.2) is 0 Å². The van der Waals surface area contributed by atoms with Gasteiger partial charge >= 0.3 is 37.7 Å². The second-order valence-electron chi connectivity index (χ2n) is 4.32. The Kier molecular flexibility index (Phi) is 9.14. The Morgan fingerprint density at radius 1 is 0.632 bits per heavy atom. The molecule has 0 aromatic heterocycles. The van der Waals surface area contributed by atoms with Crippen molar-refractivity contribution in [3.05, 3.63) is 71.8 Å². The van der Waals surface area contributed by atoms with Gasteiger partial charge in [0, 0.05) is 26.2 Å². The summed E-state index contributed by atoms with van der Waals surface area (Å²) < 4.78 is 0. The molecule has 2 nitrogen and oxygen atoms in total. The molecule has 98 valence electrons. The van der Waals surface area contributed by atoms with E-state index < -0.39 is 0 Å². The van der Waals surface area contributed by atoms with Crippen LogP contribution in [-0.2, 0) is 13.1 Å². The van der Waals surface area contributed by atoms with Gasteiger partial charge in [-0.2, -0.15) is 0 Å². The number of benzene rings is 2. The molecule has 0 aliphatic carbocycles. The summed E-state index contributed by atoms with van der Waals surface area (Å²) in [6.07, 6.45) is 0. The Labute approximate surface area is 148 Å².